The molecule has 1 heterocycles. The molecule has 0 aliphatic carbocycles. The van der Waals surface area contributed by atoms with Gasteiger partial charge in [0.15, 0.2) is 0 Å². The Hall–Kier alpha value is -0.520. The van der Waals surface area contributed by atoms with Crippen molar-refractivity contribution in [3.05, 3.63) is 15.0 Å². The average Bonchev–Trinajstić information content (AvgIpc) is 1.99. The zero-order valence-electron chi connectivity index (χ0n) is 6.43. The summed E-state index contributed by atoms with van der Waals surface area (Å²) < 4.78 is 0.942. The maximum Gasteiger partial charge on any atom is 0.249 e. The second-order valence-corrected chi connectivity index (χ2v) is 3.20. The number of halogens is 1. The van der Waals surface area contributed by atoms with Gasteiger partial charge in [-0.25, -0.2) is 15.0 Å². The van der Waals surface area contributed by atoms with Crippen molar-refractivity contribution < 1.29 is 0 Å². The molecular formula is C7H8IN3. The minimum atomic E-state index is 0.456. The van der Waals surface area contributed by atoms with Crippen molar-refractivity contribution in [1.29, 1.82) is 0 Å². The lowest BCUT2D eigenvalue weighted by molar-refractivity contribution is 1.03. The molecule has 0 radical (unpaired) electrons. The predicted octanol–water partition coefficient (Wildman–Crippen LogP) is 2.03. The molecule has 3 nitrogen and oxygen atoms in total. The molecule has 0 amide bonds. The summed E-state index contributed by atoms with van der Waals surface area (Å²) in [5.74, 6) is 0.456. The van der Waals surface area contributed by atoms with Gasteiger partial charge in [0.2, 0.25) is 5.95 Å². The van der Waals surface area contributed by atoms with Crippen LogP contribution in [0.25, 0.3) is 0 Å². The third kappa shape index (κ3) is 1.74. The number of hydrogen-bond acceptors (Lipinski definition) is 3. The molecule has 0 aliphatic heterocycles. The van der Waals surface area contributed by atoms with E-state index in [1.165, 1.54) is 0 Å². The van der Waals surface area contributed by atoms with E-state index in [-0.39, 0.29) is 0 Å². The lowest BCUT2D eigenvalue weighted by Gasteiger charge is -2.01. The Bertz CT molecular complexity index is 273. The highest BCUT2D eigenvalue weighted by atomic mass is 127. The van der Waals surface area contributed by atoms with Crippen LogP contribution in [0, 0.1) is 17.5 Å². The Morgan fingerprint density at radius 3 is 2.45 bits per heavy atom. The predicted molar refractivity (Wildman–Crippen MR) is 53.4 cm³/mol. The van der Waals surface area contributed by atoms with Crippen LogP contribution < -0.4 is 0 Å². The Kier molecular flexibility index (Phi) is 2.53. The van der Waals surface area contributed by atoms with Crippen LogP contribution >= 0.6 is 22.6 Å². The lowest BCUT2D eigenvalue weighted by Crippen LogP contribution is -1.94. The number of aliphatic imine (C=N–C) groups is 1. The Labute approximate surface area is 79.1 Å². The zero-order chi connectivity index (χ0) is 8.43. The molecule has 4 heteroatoms. The van der Waals surface area contributed by atoms with Gasteiger partial charge in [-0.3, -0.25) is 0 Å². The second-order valence-electron chi connectivity index (χ2n) is 2.18. The maximum atomic E-state index is 4.11. The van der Waals surface area contributed by atoms with Crippen LogP contribution in [0.2, 0.25) is 0 Å². The first kappa shape index (κ1) is 8.58. The van der Waals surface area contributed by atoms with Gasteiger partial charge in [-0.15, -0.1) is 0 Å². The van der Waals surface area contributed by atoms with E-state index in [1.807, 2.05) is 13.8 Å². The normalized spacial score (nSPS) is 9.73. The number of nitrogens with zero attached hydrogens (tertiary/aromatic N) is 3. The summed E-state index contributed by atoms with van der Waals surface area (Å²) in [6, 6.07) is 0. The highest BCUT2D eigenvalue weighted by Gasteiger charge is 2.02. The molecule has 0 spiro atoms. The molecule has 0 saturated carbocycles. The van der Waals surface area contributed by atoms with Crippen LogP contribution in [0.5, 0.6) is 0 Å². The van der Waals surface area contributed by atoms with Crippen LogP contribution in [0.3, 0.4) is 0 Å². The standard InChI is InChI=1S/C7H8IN3/c1-4-5(2)10-7(9-3)11-6(4)8/h3H2,1-2H3. The molecule has 0 aliphatic rings. The van der Waals surface area contributed by atoms with Crippen molar-refractivity contribution >= 4 is 35.3 Å². The highest BCUT2D eigenvalue weighted by molar-refractivity contribution is 14.1. The molecule has 1 aromatic heterocycles. The van der Waals surface area contributed by atoms with Crippen molar-refractivity contribution in [3.8, 4) is 0 Å². The van der Waals surface area contributed by atoms with Gasteiger partial charge in [-0.05, 0) is 43.2 Å². The number of hydrogen-bond donors (Lipinski definition) is 0. The quantitative estimate of drug-likeness (QED) is 0.440. The number of aromatic nitrogens is 2. The van der Waals surface area contributed by atoms with E-state index in [0.717, 1.165) is 15.0 Å². The fourth-order valence-electron chi connectivity index (χ4n) is 0.650. The first-order valence-electron chi connectivity index (χ1n) is 3.12. The molecule has 1 aromatic rings. The van der Waals surface area contributed by atoms with E-state index < -0.39 is 0 Å². The largest absolute Gasteiger partial charge is 0.249 e. The Balaban J connectivity index is 3.31. The fourth-order valence-corrected chi connectivity index (χ4v) is 1.26. The molecule has 0 atom stereocenters. The van der Waals surface area contributed by atoms with Crippen LogP contribution in [0.1, 0.15) is 11.3 Å². The third-order valence-corrected chi connectivity index (χ3v) is 2.51. The van der Waals surface area contributed by atoms with Crippen LogP contribution in [0.4, 0.5) is 5.95 Å². The van der Waals surface area contributed by atoms with Crippen molar-refractivity contribution in [2.45, 2.75) is 13.8 Å². The third-order valence-electron chi connectivity index (χ3n) is 1.46. The van der Waals surface area contributed by atoms with E-state index in [4.69, 9.17) is 0 Å². The molecule has 0 saturated heterocycles. The van der Waals surface area contributed by atoms with Crippen LogP contribution in [0.15, 0.2) is 4.99 Å². The van der Waals surface area contributed by atoms with Crippen LogP contribution in [-0.4, -0.2) is 16.7 Å². The number of rotatable bonds is 1. The van der Waals surface area contributed by atoms with Gasteiger partial charge in [0.05, 0.1) is 0 Å². The smallest absolute Gasteiger partial charge is 0.228 e. The average molecular weight is 261 g/mol. The topological polar surface area (TPSA) is 38.1 Å². The lowest BCUT2D eigenvalue weighted by atomic mass is 10.3. The highest BCUT2D eigenvalue weighted by Crippen LogP contribution is 2.14. The monoisotopic (exact) mass is 261 g/mol. The van der Waals surface area contributed by atoms with Crippen molar-refractivity contribution in [2.24, 2.45) is 4.99 Å². The molecule has 0 bridgehead atoms. The second kappa shape index (κ2) is 3.25. The summed E-state index contributed by atoms with van der Waals surface area (Å²) in [6.07, 6.45) is 0. The van der Waals surface area contributed by atoms with Gasteiger partial charge in [-0.1, -0.05) is 0 Å². The summed E-state index contributed by atoms with van der Waals surface area (Å²) in [7, 11) is 0. The Morgan fingerprint density at radius 1 is 1.36 bits per heavy atom. The summed E-state index contributed by atoms with van der Waals surface area (Å²) >= 11 is 2.16. The molecule has 0 unspecified atom stereocenters. The zero-order valence-corrected chi connectivity index (χ0v) is 8.58. The van der Waals surface area contributed by atoms with Crippen molar-refractivity contribution in [3.63, 3.8) is 0 Å². The fraction of sp³-hybridized carbons (Fsp3) is 0.286. The summed E-state index contributed by atoms with van der Waals surface area (Å²) in [6.45, 7) is 7.29. The summed E-state index contributed by atoms with van der Waals surface area (Å²) in [5.41, 5.74) is 2.07. The van der Waals surface area contributed by atoms with E-state index in [1.54, 1.807) is 0 Å². The van der Waals surface area contributed by atoms with E-state index in [9.17, 15) is 0 Å². The number of aryl methyl sites for hydroxylation is 1. The van der Waals surface area contributed by atoms with Crippen molar-refractivity contribution in [1.82, 2.24) is 9.97 Å². The molecule has 11 heavy (non-hydrogen) atoms. The summed E-state index contributed by atoms with van der Waals surface area (Å²) in [4.78, 5) is 11.9. The van der Waals surface area contributed by atoms with Gasteiger partial charge >= 0.3 is 0 Å². The SMILES string of the molecule is C=Nc1nc(C)c(C)c(I)n1. The maximum absolute atomic E-state index is 4.11. The van der Waals surface area contributed by atoms with Crippen molar-refractivity contribution in [2.75, 3.05) is 0 Å². The minimum absolute atomic E-state index is 0.456. The Morgan fingerprint density at radius 2 is 2.00 bits per heavy atom. The van der Waals surface area contributed by atoms with Gasteiger partial charge in [0, 0.05) is 11.3 Å². The minimum Gasteiger partial charge on any atom is -0.228 e. The molecular weight excluding hydrogens is 253 g/mol. The van der Waals surface area contributed by atoms with E-state index >= 15 is 0 Å². The van der Waals surface area contributed by atoms with Gasteiger partial charge < -0.3 is 0 Å². The molecule has 0 N–H and O–H groups in total. The first-order valence-corrected chi connectivity index (χ1v) is 4.20. The molecule has 0 fully saturated rings. The van der Waals surface area contributed by atoms with Crippen LogP contribution in [-0.2, 0) is 0 Å². The van der Waals surface area contributed by atoms with Gasteiger partial charge in [-0.2, -0.15) is 0 Å². The first-order chi connectivity index (χ1) is 5.15. The van der Waals surface area contributed by atoms with E-state index in [0.29, 0.717) is 5.95 Å². The molecule has 58 valence electrons. The van der Waals surface area contributed by atoms with E-state index in [2.05, 4.69) is 44.3 Å². The summed E-state index contributed by atoms with van der Waals surface area (Å²) in [5, 5.41) is 0. The molecule has 1 rings (SSSR count). The van der Waals surface area contributed by atoms with Gasteiger partial charge in [0.1, 0.15) is 3.70 Å². The molecule has 0 aromatic carbocycles. The van der Waals surface area contributed by atoms with Gasteiger partial charge in [0.25, 0.3) is 0 Å².